The van der Waals surface area contributed by atoms with E-state index in [1.165, 1.54) is 18.9 Å². The lowest BCUT2D eigenvalue weighted by molar-refractivity contribution is -0.384. The van der Waals surface area contributed by atoms with Gasteiger partial charge in [0.25, 0.3) is 5.69 Å². The third-order valence-electron chi connectivity index (χ3n) is 3.47. The molecule has 0 bridgehead atoms. The summed E-state index contributed by atoms with van der Waals surface area (Å²) in [6.07, 6.45) is 2.33. The number of nitro benzene ring substituents is 1. The van der Waals surface area contributed by atoms with E-state index in [2.05, 4.69) is 10.6 Å². The first-order valence-electron chi connectivity index (χ1n) is 7.05. The number of hydrogen-bond acceptors (Lipinski definition) is 3. The summed E-state index contributed by atoms with van der Waals surface area (Å²) in [5.74, 6) is 0. The molecule has 3 rings (SSSR count). The summed E-state index contributed by atoms with van der Waals surface area (Å²) in [6, 6.07) is 14.7. The second-order valence-electron chi connectivity index (χ2n) is 5.22. The highest BCUT2D eigenvalue weighted by Gasteiger charge is 2.21. The molecule has 6 heteroatoms. The average molecular weight is 313 g/mol. The van der Waals surface area contributed by atoms with E-state index in [1.54, 1.807) is 18.2 Å². The number of benzene rings is 2. The molecule has 2 N–H and O–H groups in total. The molecule has 0 unspecified atom stereocenters. The number of hydrogen-bond donors (Lipinski definition) is 2. The predicted octanol–water partition coefficient (Wildman–Crippen LogP) is 3.71. The Hall–Kier alpha value is -2.47. The first-order valence-corrected chi connectivity index (χ1v) is 7.46. The third-order valence-corrected chi connectivity index (χ3v) is 3.69. The molecular formula is C16H15N3O2S. The van der Waals surface area contributed by atoms with E-state index in [1.807, 2.05) is 24.3 Å². The average Bonchev–Trinajstić information content (AvgIpc) is 3.32. The molecule has 1 aliphatic carbocycles. The Morgan fingerprint density at radius 3 is 2.45 bits per heavy atom. The van der Waals surface area contributed by atoms with Crippen molar-refractivity contribution in [2.24, 2.45) is 0 Å². The first-order chi connectivity index (χ1) is 10.6. The summed E-state index contributed by atoms with van der Waals surface area (Å²) in [6.45, 7) is 0. The highest BCUT2D eigenvalue weighted by atomic mass is 32.1. The summed E-state index contributed by atoms with van der Waals surface area (Å²) in [7, 11) is 0. The number of anilines is 1. The molecule has 0 saturated heterocycles. The zero-order valence-corrected chi connectivity index (χ0v) is 12.6. The molecule has 0 spiro atoms. The Morgan fingerprint density at radius 2 is 1.82 bits per heavy atom. The molecule has 1 aliphatic rings. The molecule has 0 amide bonds. The van der Waals surface area contributed by atoms with Gasteiger partial charge in [0, 0.05) is 17.8 Å². The first kappa shape index (κ1) is 14.5. The largest absolute Gasteiger partial charge is 0.360 e. The van der Waals surface area contributed by atoms with Gasteiger partial charge in [0.1, 0.15) is 0 Å². The van der Waals surface area contributed by atoms with E-state index in [0.717, 1.165) is 11.3 Å². The lowest BCUT2D eigenvalue weighted by Gasteiger charge is -2.10. The van der Waals surface area contributed by atoms with Gasteiger partial charge in [0.15, 0.2) is 5.11 Å². The van der Waals surface area contributed by atoms with Crippen LogP contribution in [0.1, 0.15) is 12.8 Å². The van der Waals surface area contributed by atoms with Gasteiger partial charge in [-0.15, -0.1) is 0 Å². The maximum atomic E-state index is 11.1. The van der Waals surface area contributed by atoms with E-state index >= 15 is 0 Å². The molecule has 112 valence electrons. The van der Waals surface area contributed by atoms with Gasteiger partial charge in [-0.2, -0.15) is 0 Å². The molecule has 5 nitrogen and oxygen atoms in total. The fraction of sp³-hybridized carbons (Fsp3) is 0.188. The standard InChI is InChI=1S/C16H15N3O2S/c20-19(21)15-4-2-1-3-14(15)11-5-7-12(8-6-11)17-16(22)18-13-9-10-13/h1-8,13H,9-10H2,(H2,17,18,22). The van der Waals surface area contributed by atoms with Crippen molar-refractivity contribution in [3.05, 3.63) is 58.6 Å². The van der Waals surface area contributed by atoms with Crippen molar-refractivity contribution in [3.63, 3.8) is 0 Å². The van der Waals surface area contributed by atoms with Crippen molar-refractivity contribution in [1.82, 2.24) is 5.32 Å². The van der Waals surface area contributed by atoms with Gasteiger partial charge in [-0.3, -0.25) is 10.1 Å². The van der Waals surface area contributed by atoms with Crippen molar-refractivity contribution >= 4 is 28.7 Å². The number of nitrogens with zero attached hydrogens (tertiary/aromatic N) is 1. The Morgan fingerprint density at radius 1 is 1.14 bits per heavy atom. The molecule has 22 heavy (non-hydrogen) atoms. The minimum absolute atomic E-state index is 0.106. The van der Waals surface area contributed by atoms with Crippen molar-refractivity contribution < 1.29 is 4.92 Å². The summed E-state index contributed by atoms with van der Waals surface area (Å²) < 4.78 is 0. The van der Waals surface area contributed by atoms with Crippen LogP contribution in [0.3, 0.4) is 0 Å². The topological polar surface area (TPSA) is 67.2 Å². The third kappa shape index (κ3) is 3.40. The maximum Gasteiger partial charge on any atom is 0.277 e. The molecule has 1 fully saturated rings. The van der Waals surface area contributed by atoms with E-state index in [0.29, 0.717) is 16.7 Å². The Bertz CT molecular complexity index is 712. The molecule has 0 heterocycles. The normalized spacial score (nSPS) is 13.5. The number of nitro groups is 1. The van der Waals surface area contributed by atoms with Gasteiger partial charge in [0.2, 0.25) is 0 Å². The molecule has 0 aromatic heterocycles. The zero-order chi connectivity index (χ0) is 15.5. The molecule has 2 aromatic carbocycles. The Labute approximate surface area is 133 Å². The highest BCUT2D eigenvalue weighted by molar-refractivity contribution is 7.80. The molecule has 0 radical (unpaired) electrons. The van der Waals surface area contributed by atoms with Gasteiger partial charge in [-0.25, -0.2) is 0 Å². The van der Waals surface area contributed by atoms with Crippen molar-refractivity contribution in [3.8, 4) is 11.1 Å². The lowest BCUT2D eigenvalue weighted by atomic mass is 10.0. The minimum Gasteiger partial charge on any atom is -0.360 e. The number of rotatable bonds is 4. The molecule has 0 atom stereocenters. The minimum atomic E-state index is -0.365. The molecule has 0 aliphatic heterocycles. The Balaban J connectivity index is 1.76. The van der Waals surface area contributed by atoms with E-state index in [-0.39, 0.29) is 10.6 Å². The lowest BCUT2D eigenvalue weighted by Crippen LogP contribution is -2.30. The van der Waals surface area contributed by atoms with Crippen LogP contribution in [0.2, 0.25) is 0 Å². The zero-order valence-electron chi connectivity index (χ0n) is 11.8. The molecule has 2 aromatic rings. The van der Waals surface area contributed by atoms with Gasteiger partial charge in [0.05, 0.1) is 10.5 Å². The smallest absolute Gasteiger partial charge is 0.277 e. The summed E-state index contributed by atoms with van der Waals surface area (Å²) >= 11 is 5.22. The summed E-state index contributed by atoms with van der Waals surface area (Å²) in [5.41, 5.74) is 2.38. The van der Waals surface area contributed by atoms with E-state index in [4.69, 9.17) is 12.2 Å². The van der Waals surface area contributed by atoms with E-state index < -0.39 is 0 Å². The van der Waals surface area contributed by atoms with Crippen LogP contribution in [-0.2, 0) is 0 Å². The van der Waals surface area contributed by atoms with Crippen molar-refractivity contribution in [1.29, 1.82) is 0 Å². The van der Waals surface area contributed by atoms with Crippen LogP contribution < -0.4 is 10.6 Å². The number of nitrogens with one attached hydrogen (secondary N) is 2. The molecule has 1 saturated carbocycles. The SMILES string of the molecule is O=[N+]([O-])c1ccccc1-c1ccc(NC(=S)NC2CC2)cc1. The maximum absolute atomic E-state index is 11.1. The van der Waals surface area contributed by atoms with Crippen LogP contribution in [-0.4, -0.2) is 16.1 Å². The Kier molecular flexibility index (Phi) is 4.02. The quantitative estimate of drug-likeness (QED) is 0.512. The molecular weight excluding hydrogens is 298 g/mol. The van der Waals surface area contributed by atoms with Crippen molar-refractivity contribution in [2.75, 3.05) is 5.32 Å². The fourth-order valence-electron chi connectivity index (χ4n) is 2.19. The van der Waals surface area contributed by atoms with Gasteiger partial charge in [-0.05, 0) is 48.8 Å². The summed E-state index contributed by atoms with van der Waals surface area (Å²) in [5, 5.41) is 18.0. The van der Waals surface area contributed by atoms with E-state index in [9.17, 15) is 10.1 Å². The summed E-state index contributed by atoms with van der Waals surface area (Å²) in [4.78, 5) is 10.7. The van der Waals surface area contributed by atoms with Crippen LogP contribution >= 0.6 is 12.2 Å². The second-order valence-corrected chi connectivity index (χ2v) is 5.63. The van der Waals surface area contributed by atoms with Crippen LogP contribution in [0.5, 0.6) is 0 Å². The predicted molar refractivity (Wildman–Crippen MR) is 90.9 cm³/mol. The van der Waals surface area contributed by atoms with Crippen LogP contribution in [0.4, 0.5) is 11.4 Å². The number of para-hydroxylation sites is 1. The van der Waals surface area contributed by atoms with Crippen molar-refractivity contribution in [2.45, 2.75) is 18.9 Å². The van der Waals surface area contributed by atoms with Crippen LogP contribution in [0, 0.1) is 10.1 Å². The van der Waals surface area contributed by atoms with Gasteiger partial charge in [-0.1, -0.05) is 24.3 Å². The highest BCUT2D eigenvalue weighted by Crippen LogP contribution is 2.30. The number of thiocarbonyl (C=S) groups is 1. The second kappa shape index (κ2) is 6.11. The van der Waals surface area contributed by atoms with Gasteiger partial charge >= 0.3 is 0 Å². The van der Waals surface area contributed by atoms with Crippen LogP contribution in [0.25, 0.3) is 11.1 Å². The monoisotopic (exact) mass is 313 g/mol. The fourth-order valence-corrected chi connectivity index (χ4v) is 2.47. The van der Waals surface area contributed by atoms with Gasteiger partial charge < -0.3 is 10.6 Å². The van der Waals surface area contributed by atoms with Crippen LogP contribution in [0.15, 0.2) is 48.5 Å².